The lowest BCUT2D eigenvalue weighted by atomic mass is 10.1. The van der Waals surface area contributed by atoms with Crippen LogP contribution in [0.5, 0.6) is 0 Å². The summed E-state index contributed by atoms with van der Waals surface area (Å²) in [7, 11) is 0. The van der Waals surface area contributed by atoms with Crippen LogP contribution in [-0.4, -0.2) is 39.7 Å². The average molecular weight is 344 g/mol. The minimum absolute atomic E-state index is 0.0189. The molecule has 1 atom stereocenters. The predicted octanol–water partition coefficient (Wildman–Crippen LogP) is 2.37. The first-order valence-corrected chi connectivity index (χ1v) is 8.17. The molecule has 0 spiro atoms. The standard InChI is InChI=1S/C17H20N4O4/c1-11(18-10-15-4-3-9-25-15)16-12(2)19-20(17(16)22)13-5-7-14(8-6-13)21(23)24/h5-8,15,19H,3-4,9-10H2,1-2H3/t15-/m0/s1. The molecule has 0 unspecified atom stereocenters. The molecule has 2 aromatic rings. The van der Waals surface area contributed by atoms with Crippen molar-refractivity contribution in [3.8, 4) is 5.69 Å². The third kappa shape index (κ3) is 3.53. The molecule has 1 aromatic carbocycles. The number of aromatic nitrogens is 2. The number of rotatable bonds is 5. The number of aromatic amines is 1. The van der Waals surface area contributed by atoms with Gasteiger partial charge in [0.2, 0.25) is 0 Å². The predicted molar refractivity (Wildman–Crippen MR) is 93.8 cm³/mol. The van der Waals surface area contributed by atoms with Crippen molar-refractivity contribution >= 4 is 11.4 Å². The van der Waals surface area contributed by atoms with Gasteiger partial charge in [0.25, 0.3) is 11.2 Å². The Morgan fingerprint density at radius 2 is 2.16 bits per heavy atom. The van der Waals surface area contributed by atoms with Gasteiger partial charge in [0.05, 0.1) is 28.8 Å². The maximum absolute atomic E-state index is 12.7. The average Bonchev–Trinajstić information content (AvgIpc) is 3.21. The van der Waals surface area contributed by atoms with E-state index in [1.165, 1.54) is 28.9 Å². The van der Waals surface area contributed by atoms with E-state index in [-0.39, 0.29) is 17.4 Å². The third-order valence-corrected chi connectivity index (χ3v) is 4.31. The second kappa shape index (κ2) is 7.02. The zero-order valence-electron chi connectivity index (χ0n) is 14.2. The maximum atomic E-state index is 12.7. The molecule has 0 aliphatic carbocycles. The minimum Gasteiger partial charge on any atom is -0.376 e. The lowest BCUT2D eigenvalue weighted by Crippen LogP contribution is -2.20. The molecule has 0 radical (unpaired) electrons. The van der Waals surface area contributed by atoms with E-state index in [0.29, 0.717) is 29.2 Å². The number of nitro groups is 1. The van der Waals surface area contributed by atoms with Crippen molar-refractivity contribution in [2.75, 3.05) is 13.2 Å². The third-order valence-electron chi connectivity index (χ3n) is 4.31. The molecule has 132 valence electrons. The van der Waals surface area contributed by atoms with Crippen LogP contribution in [0.1, 0.15) is 31.0 Å². The fraction of sp³-hybridized carbons (Fsp3) is 0.412. The van der Waals surface area contributed by atoms with Gasteiger partial charge in [-0.3, -0.25) is 25.0 Å². The number of nitrogens with zero attached hydrogens (tertiary/aromatic N) is 3. The summed E-state index contributed by atoms with van der Waals surface area (Å²) in [5.74, 6) is 0. The molecule has 1 N–H and O–H groups in total. The summed E-state index contributed by atoms with van der Waals surface area (Å²) in [6.45, 7) is 4.94. The van der Waals surface area contributed by atoms with Gasteiger partial charge in [-0.05, 0) is 38.8 Å². The summed E-state index contributed by atoms with van der Waals surface area (Å²) in [5.41, 5.74) is 2.19. The van der Waals surface area contributed by atoms with Gasteiger partial charge in [-0.1, -0.05) is 0 Å². The first-order valence-electron chi connectivity index (χ1n) is 8.17. The van der Waals surface area contributed by atoms with E-state index < -0.39 is 4.92 Å². The van der Waals surface area contributed by atoms with Gasteiger partial charge in [0.1, 0.15) is 0 Å². The topological polar surface area (TPSA) is 103 Å². The van der Waals surface area contributed by atoms with E-state index in [4.69, 9.17) is 4.74 Å². The first kappa shape index (κ1) is 17.1. The normalized spacial score (nSPS) is 17.8. The molecule has 3 rings (SSSR count). The highest BCUT2D eigenvalue weighted by molar-refractivity contribution is 5.99. The van der Waals surface area contributed by atoms with Crippen LogP contribution < -0.4 is 5.56 Å². The van der Waals surface area contributed by atoms with Gasteiger partial charge in [-0.15, -0.1) is 0 Å². The summed E-state index contributed by atoms with van der Waals surface area (Å²) >= 11 is 0. The Bertz CT molecular complexity index is 858. The van der Waals surface area contributed by atoms with Crippen LogP contribution >= 0.6 is 0 Å². The Labute approximate surface area is 144 Å². The maximum Gasteiger partial charge on any atom is 0.280 e. The lowest BCUT2D eigenvalue weighted by molar-refractivity contribution is -0.384. The number of hydrogen-bond donors (Lipinski definition) is 1. The molecule has 2 heterocycles. The molecule has 1 aromatic heterocycles. The van der Waals surface area contributed by atoms with E-state index in [1.807, 2.05) is 13.8 Å². The van der Waals surface area contributed by atoms with E-state index in [1.54, 1.807) is 0 Å². The Balaban J connectivity index is 1.88. The van der Waals surface area contributed by atoms with Crippen LogP contribution in [0.2, 0.25) is 0 Å². The van der Waals surface area contributed by atoms with Crippen molar-refractivity contribution in [3.63, 3.8) is 0 Å². The zero-order chi connectivity index (χ0) is 18.0. The molecule has 1 saturated heterocycles. The molecule has 8 nitrogen and oxygen atoms in total. The summed E-state index contributed by atoms with van der Waals surface area (Å²) in [4.78, 5) is 27.5. The van der Waals surface area contributed by atoms with E-state index in [9.17, 15) is 14.9 Å². The number of H-pyrrole nitrogens is 1. The number of aryl methyl sites for hydroxylation is 1. The summed E-state index contributed by atoms with van der Waals surface area (Å²) in [6.07, 6.45) is 2.18. The number of benzene rings is 1. The van der Waals surface area contributed by atoms with Crippen molar-refractivity contribution < 1.29 is 9.66 Å². The molecule has 1 aliphatic heterocycles. The molecule has 0 amide bonds. The van der Waals surface area contributed by atoms with Crippen molar-refractivity contribution in [3.05, 3.63) is 56.0 Å². The van der Waals surface area contributed by atoms with Crippen LogP contribution in [0.15, 0.2) is 34.1 Å². The lowest BCUT2D eigenvalue weighted by Gasteiger charge is -2.05. The number of nitrogens with one attached hydrogen (secondary N) is 1. The van der Waals surface area contributed by atoms with Gasteiger partial charge >= 0.3 is 0 Å². The minimum atomic E-state index is -0.472. The number of nitro benzene ring substituents is 1. The molecular weight excluding hydrogens is 324 g/mol. The van der Waals surface area contributed by atoms with Gasteiger partial charge in [0.15, 0.2) is 0 Å². The van der Waals surface area contributed by atoms with Crippen molar-refractivity contribution in [2.45, 2.75) is 32.8 Å². The summed E-state index contributed by atoms with van der Waals surface area (Å²) < 4.78 is 6.93. The first-order chi connectivity index (χ1) is 12.0. The summed E-state index contributed by atoms with van der Waals surface area (Å²) in [5, 5.41) is 13.8. The summed E-state index contributed by atoms with van der Waals surface area (Å²) in [6, 6.07) is 5.82. The van der Waals surface area contributed by atoms with Crippen LogP contribution in [-0.2, 0) is 4.74 Å². The number of hydrogen-bond acceptors (Lipinski definition) is 5. The molecule has 0 saturated carbocycles. The molecular formula is C17H20N4O4. The SMILES string of the molecule is CC(=NC[C@@H]1CCCO1)c1c(C)[nH]n(-c2ccc([N+](=O)[O-])cc2)c1=O. The zero-order valence-corrected chi connectivity index (χ0v) is 14.2. The smallest absolute Gasteiger partial charge is 0.280 e. The number of ether oxygens (including phenoxy) is 1. The fourth-order valence-electron chi connectivity index (χ4n) is 2.98. The van der Waals surface area contributed by atoms with E-state index in [2.05, 4.69) is 10.1 Å². The van der Waals surface area contributed by atoms with Crippen molar-refractivity contribution in [2.24, 2.45) is 4.99 Å². The van der Waals surface area contributed by atoms with E-state index in [0.717, 1.165) is 19.4 Å². The number of non-ortho nitro benzene ring substituents is 1. The fourth-order valence-corrected chi connectivity index (χ4v) is 2.98. The van der Waals surface area contributed by atoms with Crippen LogP contribution in [0, 0.1) is 17.0 Å². The Hall–Kier alpha value is -2.74. The van der Waals surface area contributed by atoms with E-state index >= 15 is 0 Å². The second-order valence-electron chi connectivity index (χ2n) is 6.09. The van der Waals surface area contributed by atoms with Gasteiger partial charge in [-0.2, -0.15) is 0 Å². The molecule has 8 heteroatoms. The van der Waals surface area contributed by atoms with Crippen LogP contribution in [0.3, 0.4) is 0 Å². The Kier molecular flexibility index (Phi) is 4.80. The molecule has 25 heavy (non-hydrogen) atoms. The van der Waals surface area contributed by atoms with Gasteiger partial charge in [-0.25, -0.2) is 4.68 Å². The van der Waals surface area contributed by atoms with Gasteiger partial charge < -0.3 is 4.74 Å². The number of aliphatic imine (C=N–C) groups is 1. The highest BCUT2D eigenvalue weighted by Crippen LogP contribution is 2.15. The largest absolute Gasteiger partial charge is 0.376 e. The van der Waals surface area contributed by atoms with Gasteiger partial charge in [0, 0.05) is 30.1 Å². The van der Waals surface area contributed by atoms with Crippen LogP contribution in [0.25, 0.3) is 5.69 Å². The van der Waals surface area contributed by atoms with Crippen molar-refractivity contribution in [1.82, 2.24) is 9.78 Å². The van der Waals surface area contributed by atoms with Crippen LogP contribution in [0.4, 0.5) is 5.69 Å². The Morgan fingerprint density at radius 3 is 2.76 bits per heavy atom. The molecule has 1 fully saturated rings. The Morgan fingerprint density at radius 1 is 1.44 bits per heavy atom. The monoisotopic (exact) mass is 344 g/mol. The molecule has 0 bridgehead atoms. The quantitative estimate of drug-likeness (QED) is 0.511. The second-order valence-corrected chi connectivity index (χ2v) is 6.09. The molecule has 1 aliphatic rings. The van der Waals surface area contributed by atoms with Crippen molar-refractivity contribution in [1.29, 1.82) is 0 Å². The highest BCUT2D eigenvalue weighted by Gasteiger charge is 2.18. The highest BCUT2D eigenvalue weighted by atomic mass is 16.6.